The Morgan fingerprint density at radius 1 is 0.548 bits per heavy atom. The van der Waals surface area contributed by atoms with Gasteiger partial charge in [-0.3, -0.25) is 0 Å². The monoisotopic (exact) mass is 400 g/mol. The van der Waals surface area contributed by atoms with E-state index in [9.17, 15) is 0 Å². The summed E-state index contributed by atoms with van der Waals surface area (Å²) in [5.41, 5.74) is 10.7. The molecule has 2 aromatic heterocycles. The first-order chi connectivity index (χ1) is 15.2. The summed E-state index contributed by atoms with van der Waals surface area (Å²) in [6.07, 6.45) is 2.06. The first-order valence-corrected chi connectivity index (χ1v) is 10.6. The standard InChI is InChI=1S/C29H22NO/c1-19-27-24-15-7-5-13-22(24)20-11-3-4-12-21(20)23-14-6-8-16-25(23)29(27)31-28(19)26-17-9-10-18-30(26)2/h3-18H,1-2H3/q+1. The van der Waals surface area contributed by atoms with E-state index in [1.54, 1.807) is 0 Å². The first-order valence-electron chi connectivity index (χ1n) is 10.6. The smallest absolute Gasteiger partial charge is 0.248 e. The predicted octanol–water partition coefficient (Wildman–Crippen LogP) is 7.06. The maximum atomic E-state index is 6.72. The van der Waals surface area contributed by atoms with Crippen LogP contribution in [0.15, 0.2) is 102 Å². The number of hydrogen-bond donors (Lipinski definition) is 0. The molecule has 3 aromatic carbocycles. The summed E-state index contributed by atoms with van der Waals surface area (Å²) in [4.78, 5) is 0. The van der Waals surface area contributed by atoms with Crippen LogP contribution in [0.2, 0.25) is 0 Å². The van der Waals surface area contributed by atoms with Crippen molar-refractivity contribution in [3.05, 3.63) is 103 Å². The fourth-order valence-electron chi connectivity index (χ4n) is 4.84. The van der Waals surface area contributed by atoms with Crippen molar-refractivity contribution in [1.82, 2.24) is 0 Å². The Labute approximate surface area is 182 Å². The van der Waals surface area contributed by atoms with Crippen LogP contribution in [0.25, 0.3) is 56.2 Å². The SMILES string of the molecule is Cc1c(-c2cccc[n+]2C)oc2c1-c1ccccc1-c1ccccc1-c1ccccc1-2. The van der Waals surface area contributed by atoms with E-state index < -0.39 is 0 Å². The van der Waals surface area contributed by atoms with Gasteiger partial charge in [-0.2, -0.15) is 4.57 Å². The first kappa shape index (κ1) is 17.9. The molecule has 0 fully saturated rings. The van der Waals surface area contributed by atoms with Crippen molar-refractivity contribution >= 4 is 0 Å². The third-order valence-electron chi connectivity index (χ3n) is 6.31. The number of nitrogens with zero attached hydrogens (tertiary/aromatic N) is 1. The molecule has 6 rings (SSSR count). The minimum atomic E-state index is 0.920. The molecule has 0 atom stereocenters. The lowest BCUT2D eigenvalue weighted by Gasteiger charge is -2.20. The quantitative estimate of drug-likeness (QED) is 0.270. The fraction of sp³-hybridized carbons (Fsp3) is 0.0690. The minimum absolute atomic E-state index is 0.920. The number of fused-ring (bicyclic) bond motifs is 8. The molecule has 2 nitrogen and oxygen atoms in total. The summed E-state index contributed by atoms with van der Waals surface area (Å²) < 4.78 is 8.83. The maximum Gasteiger partial charge on any atom is 0.248 e. The summed E-state index contributed by atoms with van der Waals surface area (Å²) in [7, 11) is 2.06. The molecule has 31 heavy (non-hydrogen) atoms. The molecule has 0 spiro atoms. The van der Waals surface area contributed by atoms with Gasteiger partial charge >= 0.3 is 0 Å². The van der Waals surface area contributed by atoms with Gasteiger partial charge in [0, 0.05) is 28.8 Å². The summed E-state index contributed by atoms with van der Waals surface area (Å²) >= 11 is 0. The van der Waals surface area contributed by atoms with Gasteiger partial charge in [-0.05, 0) is 40.8 Å². The highest BCUT2D eigenvalue weighted by atomic mass is 16.3. The molecular weight excluding hydrogens is 378 g/mol. The highest BCUT2D eigenvalue weighted by Gasteiger charge is 2.29. The molecule has 0 saturated carbocycles. The number of rotatable bonds is 1. The zero-order chi connectivity index (χ0) is 20.9. The number of furan rings is 1. The van der Waals surface area contributed by atoms with E-state index in [0.29, 0.717) is 0 Å². The highest BCUT2D eigenvalue weighted by Crippen LogP contribution is 2.51. The number of aromatic nitrogens is 1. The van der Waals surface area contributed by atoms with Crippen LogP contribution in [0.1, 0.15) is 5.56 Å². The summed E-state index contributed by atoms with van der Waals surface area (Å²) in [6, 6.07) is 32.2. The van der Waals surface area contributed by atoms with E-state index in [4.69, 9.17) is 4.42 Å². The van der Waals surface area contributed by atoms with Crippen LogP contribution >= 0.6 is 0 Å². The fourth-order valence-corrected chi connectivity index (χ4v) is 4.84. The van der Waals surface area contributed by atoms with E-state index in [0.717, 1.165) is 22.8 Å². The van der Waals surface area contributed by atoms with Gasteiger partial charge in [0.1, 0.15) is 12.8 Å². The largest absolute Gasteiger partial charge is 0.449 e. The van der Waals surface area contributed by atoms with Crippen molar-refractivity contribution in [3.8, 4) is 56.2 Å². The summed E-state index contributed by atoms with van der Waals surface area (Å²) in [5.74, 6) is 1.86. The number of hydrogen-bond acceptors (Lipinski definition) is 1. The van der Waals surface area contributed by atoms with E-state index >= 15 is 0 Å². The van der Waals surface area contributed by atoms with Crippen LogP contribution < -0.4 is 4.57 Å². The molecular formula is C29H22NO+. The second-order valence-electron chi connectivity index (χ2n) is 8.09. The van der Waals surface area contributed by atoms with Crippen molar-refractivity contribution < 1.29 is 8.98 Å². The topological polar surface area (TPSA) is 17.0 Å². The van der Waals surface area contributed by atoms with Gasteiger partial charge in [-0.25, -0.2) is 0 Å². The molecule has 0 unspecified atom stereocenters. The lowest BCUT2D eigenvalue weighted by molar-refractivity contribution is -0.660. The Morgan fingerprint density at radius 3 is 1.65 bits per heavy atom. The van der Waals surface area contributed by atoms with E-state index in [-0.39, 0.29) is 0 Å². The van der Waals surface area contributed by atoms with Gasteiger partial charge < -0.3 is 4.42 Å². The van der Waals surface area contributed by atoms with Crippen LogP contribution in [0.4, 0.5) is 0 Å². The van der Waals surface area contributed by atoms with Crippen molar-refractivity contribution in [3.63, 3.8) is 0 Å². The normalized spacial score (nSPS) is 11.5. The van der Waals surface area contributed by atoms with E-state index in [2.05, 4.69) is 110 Å². The Bertz CT molecular complexity index is 1460. The second-order valence-corrected chi connectivity index (χ2v) is 8.09. The molecule has 0 bridgehead atoms. The second kappa shape index (κ2) is 6.82. The van der Waals surface area contributed by atoms with Gasteiger partial charge in [0.25, 0.3) is 0 Å². The minimum Gasteiger partial charge on any atom is -0.449 e. The van der Waals surface area contributed by atoms with Gasteiger partial charge in [0.15, 0.2) is 6.20 Å². The Kier molecular flexibility index (Phi) is 3.94. The number of pyridine rings is 1. The summed E-state index contributed by atoms with van der Waals surface area (Å²) in [5, 5.41) is 0. The van der Waals surface area contributed by atoms with Crippen molar-refractivity contribution in [1.29, 1.82) is 0 Å². The maximum absolute atomic E-state index is 6.72. The Hall–Kier alpha value is -3.91. The molecule has 0 radical (unpaired) electrons. The third kappa shape index (κ3) is 2.62. The molecule has 0 aliphatic heterocycles. The lowest BCUT2D eigenvalue weighted by Crippen LogP contribution is -2.29. The molecule has 5 aromatic rings. The zero-order valence-corrected chi connectivity index (χ0v) is 17.6. The average molecular weight is 401 g/mol. The number of benzene rings is 3. The van der Waals surface area contributed by atoms with Crippen molar-refractivity contribution in [2.45, 2.75) is 6.92 Å². The molecule has 2 heteroatoms. The van der Waals surface area contributed by atoms with Gasteiger partial charge in [0.2, 0.25) is 11.5 Å². The third-order valence-corrected chi connectivity index (χ3v) is 6.31. The van der Waals surface area contributed by atoms with Gasteiger partial charge in [-0.1, -0.05) is 72.8 Å². The van der Waals surface area contributed by atoms with Crippen LogP contribution in [0, 0.1) is 6.92 Å². The zero-order valence-electron chi connectivity index (χ0n) is 17.6. The van der Waals surface area contributed by atoms with Crippen LogP contribution in [0.3, 0.4) is 0 Å². The Morgan fingerprint density at radius 2 is 1.03 bits per heavy atom. The van der Waals surface area contributed by atoms with Crippen molar-refractivity contribution in [2.75, 3.05) is 0 Å². The molecule has 2 heterocycles. The van der Waals surface area contributed by atoms with E-state index in [1.165, 1.54) is 38.9 Å². The molecule has 0 amide bonds. The van der Waals surface area contributed by atoms with Gasteiger partial charge in [-0.15, -0.1) is 0 Å². The van der Waals surface area contributed by atoms with Gasteiger partial charge in [0.05, 0.1) is 0 Å². The molecule has 1 aliphatic rings. The highest BCUT2D eigenvalue weighted by molar-refractivity contribution is 6.03. The number of aryl methyl sites for hydroxylation is 1. The van der Waals surface area contributed by atoms with Crippen LogP contribution in [0.5, 0.6) is 0 Å². The molecule has 0 saturated heterocycles. The predicted molar refractivity (Wildman–Crippen MR) is 125 cm³/mol. The van der Waals surface area contributed by atoms with E-state index in [1.807, 2.05) is 6.07 Å². The van der Waals surface area contributed by atoms with Crippen LogP contribution in [-0.2, 0) is 7.05 Å². The lowest BCUT2D eigenvalue weighted by atomic mass is 9.82. The summed E-state index contributed by atoms with van der Waals surface area (Å²) in [6.45, 7) is 2.18. The van der Waals surface area contributed by atoms with Crippen LogP contribution in [-0.4, -0.2) is 0 Å². The molecule has 0 N–H and O–H groups in total. The molecule has 148 valence electrons. The molecule has 1 aliphatic carbocycles. The average Bonchev–Trinajstić information content (AvgIpc) is 3.15. The Balaban J connectivity index is 1.78. The van der Waals surface area contributed by atoms with Crippen molar-refractivity contribution in [2.24, 2.45) is 7.05 Å².